The number of hydrogen-bond donors (Lipinski definition) is 1. The van der Waals surface area contributed by atoms with Crippen LogP contribution in [0, 0.1) is 5.92 Å². The van der Waals surface area contributed by atoms with Crippen LogP contribution in [0.25, 0.3) is 5.69 Å². The molecule has 1 aliphatic rings. The molecule has 0 amide bonds. The smallest absolute Gasteiger partial charge is 0.382 e. The van der Waals surface area contributed by atoms with Crippen LogP contribution < -0.4 is 10.9 Å². The molecule has 3 rings (SSSR count). The maximum atomic E-state index is 12.8. The Labute approximate surface area is 140 Å². The summed E-state index contributed by atoms with van der Waals surface area (Å²) in [4.78, 5) is 12.3. The van der Waals surface area contributed by atoms with Crippen molar-refractivity contribution in [1.29, 1.82) is 0 Å². The Kier molecular flexibility index (Phi) is 4.51. The summed E-state index contributed by atoms with van der Waals surface area (Å²) in [5.74, 6) is 0.340. The highest BCUT2D eigenvalue weighted by Gasteiger charge is 2.30. The fourth-order valence-electron chi connectivity index (χ4n) is 2.21. The van der Waals surface area contributed by atoms with Gasteiger partial charge in [-0.05, 0) is 18.2 Å². The first-order valence-corrected chi connectivity index (χ1v) is 7.51. The number of anilines is 1. The number of nitrogens with zero attached hydrogens (tertiary/aromatic N) is 2. The Morgan fingerprint density at radius 3 is 2.75 bits per heavy atom. The fraction of sp³-hybridized carbons (Fsp3) is 0.333. The summed E-state index contributed by atoms with van der Waals surface area (Å²) in [6.07, 6.45) is -3.18. The van der Waals surface area contributed by atoms with Gasteiger partial charge in [0, 0.05) is 12.5 Å². The molecule has 2 aromatic rings. The second kappa shape index (κ2) is 6.45. The minimum atomic E-state index is -4.50. The molecule has 1 fully saturated rings. The normalized spacial score (nSPS) is 15.2. The minimum absolute atomic E-state index is 0.00401. The van der Waals surface area contributed by atoms with Crippen LogP contribution in [0.4, 0.5) is 18.9 Å². The molecule has 1 aliphatic heterocycles. The summed E-state index contributed by atoms with van der Waals surface area (Å²) < 4.78 is 44.3. The maximum Gasteiger partial charge on any atom is 0.416 e. The quantitative estimate of drug-likeness (QED) is 0.912. The van der Waals surface area contributed by atoms with Crippen LogP contribution in [-0.2, 0) is 10.9 Å². The van der Waals surface area contributed by atoms with Crippen molar-refractivity contribution in [2.45, 2.75) is 6.18 Å². The molecule has 0 unspecified atom stereocenters. The highest BCUT2D eigenvalue weighted by molar-refractivity contribution is 6.32. The molecule has 2 heterocycles. The van der Waals surface area contributed by atoms with E-state index in [1.807, 2.05) is 0 Å². The van der Waals surface area contributed by atoms with E-state index < -0.39 is 17.3 Å². The van der Waals surface area contributed by atoms with E-state index in [4.69, 9.17) is 16.3 Å². The molecule has 0 radical (unpaired) electrons. The van der Waals surface area contributed by atoms with E-state index in [1.165, 1.54) is 18.3 Å². The SMILES string of the molecule is O=c1c(Cl)c(NCC2COC2)cnn1-c1cccc(C(F)(F)F)c1. The number of hydrogen-bond acceptors (Lipinski definition) is 4. The van der Waals surface area contributed by atoms with E-state index >= 15 is 0 Å². The lowest BCUT2D eigenvalue weighted by molar-refractivity contribution is -0.137. The lowest BCUT2D eigenvalue weighted by Gasteiger charge is -2.26. The molecular formula is C15H13ClF3N3O2. The molecule has 1 aromatic carbocycles. The van der Waals surface area contributed by atoms with Gasteiger partial charge >= 0.3 is 6.18 Å². The van der Waals surface area contributed by atoms with E-state index in [9.17, 15) is 18.0 Å². The summed E-state index contributed by atoms with van der Waals surface area (Å²) in [5.41, 5.74) is -1.21. The van der Waals surface area contributed by atoms with Crippen LogP contribution in [0.5, 0.6) is 0 Å². The summed E-state index contributed by atoms with van der Waals surface area (Å²) in [6.45, 7) is 1.85. The minimum Gasteiger partial charge on any atom is -0.382 e. The van der Waals surface area contributed by atoms with Crippen molar-refractivity contribution in [2.75, 3.05) is 25.1 Å². The molecule has 5 nitrogen and oxygen atoms in total. The maximum absolute atomic E-state index is 12.8. The number of rotatable bonds is 4. The summed E-state index contributed by atoms with van der Waals surface area (Å²) in [7, 11) is 0. The summed E-state index contributed by atoms with van der Waals surface area (Å²) >= 11 is 6.03. The van der Waals surface area contributed by atoms with Crippen molar-refractivity contribution in [1.82, 2.24) is 9.78 Å². The van der Waals surface area contributed by atoms with Gasteiger partial charge in [-0.1, -0.05) is 17.7 Å². The van der Waals surface area contributed by atoms with Crippen molar-refractivity contribution in [3.05, 3.63) is 51.4 Å². The van der Waals surface area contributed by atoms with Crippen LogP contribution in [0.15, 0.2) is 35.3 Å². The van der Waals surface area contributed by atoms with Crippen LogP contribution in [-0.4, -0.2) is 29.5 Å². The van der Waals surface area contributed by atoms with E-state index in [0.29, 0.717) is 31.4 Å². The standard InChI is InChI=1S/C15H13ClF3N3O2/c16-13-12(20-5-9-7-24-8-9)6-21-22(14(13)23)11-3-1-2-10(4-11)15(17,18)19/h1-4,6,9,20H,5,7-8H2. The van der Waals surface area contributed by atoms with Gasteiger partial charge in [-0.3, -0.25) is 4.79 Å². The van der Waals surface area contributed by atoms with Gasteiger partial charge in [0.1, 0.15) is 5.02 Å². The molecule has 0 spiro atoms. The monoisotopic (exact) mass is 359 g/mol. The molecule has 0 aliphatic carbocycles. The zero-order valence-electron chi connectivity index (χ0n) is 12.3. The first-order chi connectivity index (χ1) is 11.4. The lowest BCUT2D eigenvalue weighted by Crippen LogP contribution is -2.34. The van der Waals surface area contributed by atoms with Crippen molar-refractivity contribution < 1.29 is 17.9 Å². The Morgan fingerprint density at radius 1 is 1.38 bits per heavy atom. The third-order valence-corrected chi connectivity index (χ3v) is 3.99. The predicted octanol–water partition coefficient (Wildman–Crippen LogP) is 2.96. The van der Waals surface area contributed by atoms with Gasteiger partial charge in [0.25, 0.3) is 5.56 Å². The van der Waals surface area contributed by atoms with Gasteiger partial charge in [-0.2, -0.15) is 23.0 Å². The van der Waals surface area contributed by atoms with E-state index in [0.717, 1.165) is 16.8 Å². The average Bonchev–Trinajstić information content (AvgIpc) is 2.49. The molecule has 0 saturated carbocycles. The first kappa shape index (κ1) is 16.8. The van der Waals surface area contributed by atoms with Crippen molar-refractivity contribution in [3.63, 3.8) is 0 Å². The van der Waals surface area contributed by atoms with Crippen molar-refractivity contribution >= 4 is 17.3 Å². The number of halogens is 4. The van der Waals surface area contributed by atoms with Gasteiger partial charge in [0.2, 0.25) is 0 Å². The first-order valence-electron chi connectivity index (χ1n) is 7.13. The fourth-order valence-corrected chi connectivity index (χ4v) is 2.41. The van der Waals surface area contributed by atoms with Gasteiger partial charge < -0.3 is 10.1 Å². The van der Waals surface area contributed by atoms with Crippen molar-refractivity contribution in [3.8, 4) is 5.69 Å². The molecule has 1 N–H and O–H groups in total. The van der Waals surface area contributed by atoms with E-state index in [1.54, 1.807) is 0 Å². The van der Waals surface area contributed by atoms with Crippen LogP contribution in [0.2, 0.25) is 5.02 Å². The van der Waals surface area contributed by atoms with Crippen LogP contribution in [0.1, 0.15) is 5.56 Å². The number of nitrogens with one attached hydrogen (secondary N) is 1. The number of ether oxygens (including phenoxy) is 1. The average molecular weight is 360 g/mol. The van der Waals surface area contributed by atoms with Crippen LogP contribution in [0.3, 0.4) is 0 Å². The third kappa shape index (κ3) is 3.39. The topological polar surface area (TPSA) is 56.1 Å². The largest absolute Gasteiger partial charge is 0.416 e. The van der Waals surface area contributed by atoms with Gasteiger partial charge in [0.15, 0.2) is 0 Å². The van der Waals surface area contributed by atoms with Gasteiger partial charge in [-0.25, -0.2) is 0 Å². The zero-order chi connectivity index (χ0) is 17.3. The molecule has 9 heteroatoms. The molecule has 0 atom stereocenters. The van der Waals surface area contributed by atoms with Crippen molar-refractivity contribution in [2.24, 2.45) is 5.92 Å². The molecule has 0 bridgehead atoms. The highest BCUT2D eigenvalue weighted by atomic mass is 35.5. The summed E-state index contributed by atoms with van der Waals surface area (Å²) in [5, 5.41) is 6.79. The lowest BCUT2D eigenvalue weighted by atomic mass is 10.1. The summed E-state index contributed by atoms with van der Waals surface area (Å²) in [6, 6.07) is 4.35. The third-order valence-electron chi connectivity index (χ3n) is 3.63. The van der Waals surface area contributed by atoms with E-state index in [2.05, 4.69) is 10.4 Å². The predicted molar refractivity (Wildman–Crippen MR) is 82.6 cm³/mol. The molecule has 24 heavy (non-hydrogen) atoms. The Hall–Kier alpha value is -2.06. The Morgan fingerprint density at radius 2 is 2.12 bits per heavy atom. The number of aromatic nitrogens is 2. The number of benzene rings is 1. The second-order valence-corrected chi connectivity index (χ2v) is 5.80. The number of alkyl halides is 3. The molecular weight excluding hydrogens is 347 g/mol. The van der Waals surface area contributed by atoms with Gasteiger partial charge in [-0.15, -0.1) is 0 Å². The Bertz CT molecular complexity index is 803. The molecule has 128 valence electrons. The Balaban J connectivity index is 1.89. The zero-order valence-corrected chi connectivity index (χ0v) is 13.1. The molecule has 1 saturated heterocycles. The van der Waals surface area contributed by atoms with Crippen LogP contribution >= 0.6 is 11.6 Å². The second-order valence-electron chi connectivity index (χ2n) is 5.42. The highest BCUT2D eigenvalue weighted by Crippen LogP contribution is 2.30. The van der Waals surface area contributed by atoms with E-state index in [-0.39, 0.29) is 10.7 Å². The molecule has 1 aromatic heterocycles. The van der Waals surface area contributed by atoms with Gasteiger partial charge in [0.05, 0.1) is 36.3 Å².